The molecule has 1 unspecified atom stereocenters. The maximum atomic E-state index is 11.2. The third-order valence-corrected chi connectivity index (χ3v) is 3.60. The lowest BCUT2D eigenvalue weighted by molar-refractivity contribution is 0.271. The highest BCUT2D eigenvalue weighted by Gasteiger charge is 2.03. The van der Waals surface area contributed by atoms with Crippen molar-refractivity contribution in [1.29, 1.82) is 0 Å². The van der Waals surface area contributed by atoms with Gasteiger partial charge in [-0.15, -0.1) is 0 Å². The average molecular weight is 234 g/mol. The van der Waals surface area contributed by atoms with Crippen LogP contribution in [0.5, 0.6) is 0 Å². The Morgan fingerprint density at radius 3 is 3.00 bits per heavy atom. The van der Waals surface area contributed by atoms with Crippen LogP contribution in [0.3, 0.4) is 0 Å². The van der Waals surface area contributed by atoms with Gasteiger partial charge in [0, 0.05) is 35.0 Å². The topological polar surface area (TPSA) is 58.0 Å². The minimum atomic E-state index is -0.793. The minimum Gasteiger partial charge on any atom is -0.390 e. The van der Waals surface area contributed by atoms with Gasteiger partial charge in [0.25, 0.3) is 0 Å². The van der Waals surface area contributed by atoms with E-state index in [-0.39, 0.29) is 6.61 Å². The number of aliphatic hydroxyl groups excluding tert-OH is 1. The van der Waals surface area contributed by atoms with Crippen LogP contribution < -0.4 is 0 Å². The molecule has 0 saturated carbocycles. The number of aromatic nitrogens is 2. The molecule has 0 aromatic carbocycles. The van der Waals surface area contributed by atoms with Gasteiger partial charge in [0.1, 0.15) is 0 Å². The molecule has 1 rings (SSSR count). The second kappa shape index (κ2) is 5.43. The largest absolute Gasteiger partial charge is 0.390 e. The molecule has 14 heavy (non-hydrogen) atoms. The van der Waals surface area contributed by atoms with Gasteiger partial charge < -0.3 is 14.7 Å². The smallest absolute Gasteiger partial charge is 0.177 e. The van der Waals surface area contributed by atoms with Crippen LogP contribution in [-0.2, 0) is 24.0 Å². The van der Waals surface area contributed by atoms with E-state index in [0.717, 1.165) is 5.69 Å². The molecule has 1 atom stereocenters. The van der Waals surface area contributed by atoms with Gasteiger partial charge in [0.05, 0.1) is 12.3 Å². The van der Waals surface area contributed by atoms with Crippen molar-refractivity contribution in [1.82, 2.24) is 9.55 Å². The summed E-state index contributed by atoms with van der Waals surface area (Å²) in [4.78, 5) is 2.85. The molecule has 0 radical (unpaired) electrons. The first kappa shape index (κ1) is 11.6. The van der Waals surface area contributed by atoms with Crippen molar-refractivity contribution in [2.45, 2.75) is 20.1 Å². The zero-order valence-electron chi connectivity index (χ0n) is 8.02. The molecule has 0 aliphatic heterocycles. The van der Waals surface area contributed by atoms with Crippen LogP contribution in [0.1, 0.15) is 12.6 Å². The molecule has 0 spiro atoms. The van der Waals surface area contributed by atoms with Crippen LogP contribution in [0.2, 0.25) is 0 Å². The highest BCUT2D eigenvalue weighted by Crippen LogP contribution is 2.02. The third-order valence-electron chi connectivity index (χ3n) is 1.98. The monoisotopic (exact) mass is 234 g/mol. The van der Waals surface area contributed by atoms with Crippen molar-refractivity contribution in [2.24, 2.45) is 0 Å². The summed E-state index contributed by atoms with van der Waals surface area (Å²) in [6.45, 7) is 2.43. The minimum absolute atomic E-state index is 0.0497. The Balaban J connectivity index is 2.70. The zero-order chi connectivity index (χ0) is 10.6. The number of H-pyrrole nitrogens is 1. The molecule has 0 aliphatic carbocycles. The van der Waals surface area contributed by atoms with Gasteiger partial charge in [-0.05, 0) is 12.2 Å². The summed E-state index contributed by atoms with van der Waals surface area (Å²) < 4.78 is 13.6. The molecule has 0 aliphatic rings. The standard InChI is InChI=1S/C8H14N2O2S2/c1-2-14(12)4-3-10-7(6-11)5-9-8(10)13/h5,11H,2-4,6H2,1H3,(H,9,13). The molecular weight excluding hydrogens is 220 g/mol. The quantitative estimate of drug-likeness (QED) is 0.741. The molecule has 0 fully saturated rings. The van der Waals surface area contributed by atoms with E-state index in [1.807, 2.05) is 6.92 Å². The SMILES string of the molecule is CCS(=O)CCn1c(CO)c[nH]c1=S. The number of nitrogens with zero attached hydrogens (tertiary/aromatic N) is 1. The van der Waals surface area contributed by atoms with Gasteiger partial charge in [-0.2, -0.15) is 0 Å². The molecule has 1 aromatic heterocycles. The van der Waals surface area contributed by atoms with Gasteiger partial charge in [0.2, 0.25) is 0 Å². The molecule has 0 amide bonds. The van der Waals surface area contributed by atoms with Crippen molar-refractivity contribution < 1.29 is 9.32 Å². The fourth-order valence-corrected chi connectivity index (χ4v) is 2.09. The van der Waals surface area contributed by atoms with Crippen LogP contribution in [0.25, 0.3) is 0 Å². The first-order chi connectivity index (χ1) is 6.69. The summed E-state index contributed by atoms with van der Waals surface area (Å²) >= 11 is 5.02. The Labute approximate surface area is 90.4 Å². The Hall–Kier alpha value is -0.460. The number of hydrogen-bond donors (Lipinski definition) is 2. The van der Waals surface area contributed by atoms with E-state index in [1.165, 1.54) is 0 Å². The molecule has 1 heterocycles. The predicted octanol–water partition coefficient (Wildman–Crippen LogP) is 0.807. The first-order valence-corrected chi connectivity index (χ1v) is 6.31. The molecular formula is C8H14N2O2S2. The summed E-state index contributed by atoms with van der Waals surface area (Å²) in [5, 5.41) is 8.99. The summed E-state index contributed by atoms with van der Waals surface area (Å²) in [5.74, 6) is 1.24. The molecule has 2 N–H and O–H groups in total. The number of imidazole rings is 1. The van der Waals surface area contributed by atoms with E-state index in [0.29, 0.717) is 22.8 Å². The Kier molecular flexibility index (Phi) is 4.50. The van der Waals surface area contributed by atoms with Gasteiger partial charge in [-0.3, -0.25) is 4.21 Å². The Morgan fingerprint density at radius 2 is 2.43 bits per heavy atom. The summed E-state index contributed by atoms with van der Waals surface area (Å²) in [5.41, 5.74) is 0.739. The first-order valence-electron chi connectivity index (χ1n) is 4.42. The van der Waals surface area contributed by atoms with E-state index in [1.54, 1.807) is 10.8 Å². The van der Waals surface area contributed by atoms with Crippen LogP contribution in [-0.4, -0.2) is 30.4 Å². The van der Waals surface area contributed by atoms with E-state index in [9.17, 15) is 4.21 Å². The number of nitrogens with one attached hydrogen (secondary N) is 1. The number of hydrogen-bond acceptors (Lipinski definition) is 3. The van der Waals surface area contributed by atoms with Crippen molar-refractivity contribution >= 4 is 23.0 Å². The van der Waals surface area contributed by atoms with E-state index in [4.69, 9.17) is 17.3 Å². The second-order valence-electron chi connectivity index (χ2n) is 2.83. The summed E-state index contributed by atoms with van der Waals surface area (Å²) in [6, 6.07) is 0. The van der Waals surface area contributed by atoms with Crippen LogP contribution in [0.15, 0.2) is 6.20 Å². The highest BCUT2D eigenvalue weighted by molar-refractivity contribution is 7.84. The fourth-order valence-electron chi connectivity index (χ4n) is 1.14. The molecule has 1 aromatic rings. The predicted molar refractivity (Wildman–Crippen MR) is 59.1 cm³/mol. The third kappa shape index (κ3) is 2.76. The maximum Gasteiger partial charge on any atom is 0.177 e. The van der Waals surface area contributed by atoms with Gasteiger partial charge in [-0.25, -0.2) is 0 Å². The Morgan fingerprint density at radius 1 is 1.71 bits per heavy atom. The van der Waals surface area contributed by atoms with Crippen molar-refractivity contribution in [3.8, 4) is 0 Å². The lowest BCUT2D eigenvalue weighted by atomic mass is 10.5. The highest BCUT2D eigenvalue weighted by atomic mass is 32.2. The molecule has 80 valence electrons. The molecule has 4 nitrogen and oxygen atoms in total. The second-order valence-corrected chi connectivity index (χ2v) is 5.08. The maximum absolute atomic E-state index is 11.2. The lowest BCUT2D eigenvalue weighted by Crippen LogP contribution is -2.11. The molecule has 0 bridgehead atoms. The van der Waals surface area contributed by atoms with Gasteiger partial charge in [0.15, 0.2) is 4.77 Å². The van der Waals surface area contributed by atoms with Crippen LogP contribution in [0.4, 0.5) is 0 Å². The van der Waals surface area contributed by atoms with E-state index < -0.39 is 10.8 Å². The van der Waals surface area contributed by atoms with Crippen molar-refractivity contribution in [3.63, 3.8) is 0 Å². The van der Waals surface area contributed by atoms with E-state index in [2.05, 4.69) is 4.98 Å². The van der Waals surface area contributed by atoms with Gasteiger partial charge in [-0.1, -0.05) is 6.92 Å². The van der Waals surface area contributed by atoms with Crippen LogP contribution >= 0.6 is 12.2 Å². The number of rotatable bonds is 5. The van der Waals surface area contributed by atoms with Crippen molar-refractivity contribution in [3.05, 3.63) is 16.7 Å². The van der Waals surface area contributed by atoms with Gasteiger partial charge >= 0.3 is 0 Å². The molecule has 6 heteroatoms. The number of aromatic amines is 1. The normalized spacial score (nSPS) is 13.0. The van der Waals surface area contributed by atoms with Crippen molar-refractivity contribution in [2.75, 3.05) is 11.5 Å². The zero-order valence-corrected chi connectivity index (χ0v) is 9.66. The summed E-state index contributed by atoms with van der Waals surface area (Å²) in [7, 11) is -0.793. The average Bonchev–Trinajstić information content (AvgIpc) is 2.55. The van der Waals surface area contributed by atoms with Crippen LogP contribution in [0, 0.1) is 4.77 Å². The lowest BCUT2D eigenvalue weighted by Gasteiger charge is -2.05. The van der Waals surface area contributed by atoms with E-state index >= 15 is 0 Å². The number of aliphatic hydroxyl groups is 1. The fraction of sp³-hybridized carbons (Fsp3) is 0.625. The Bertz CT molecular complexity index is 370. The summed E-state index contributed by atoms with van der Waals surface area (Å²) in [6.07, 6.45) is 1.68. The molecule has 0 saturated heterocycles.